The molecule has 1 atom stereocenters. The number of benzene rings is 4. The molecule has 0 aliphatic carbocycles. The van der Waals surface area contributed by atoms with Gasteiger partial charge in [0.2, 0.25) is 0 Å². The lowest BCUT2D eigenvalue weighted by Gasteiger charge is -2.14. The highest BCUT2D eigenvalue weighted by Crippen LogP contribution is 2.27. The Hall–Kier alpha value is -5.02. The zero-order valence-corrected chi connectivity index (χ0v) is 23.4. The zero-order valence-electron chi connectivity index (χ0n) is 23.4. The molecule has 0 heterocycles. The molecule has 0 aromatic heterocycles. The second-order valence-corrected chi connectivity index (χ2v) is 9.74. The first-order valence-electron chi connectivity index (χ1n) is 12.8. The van der Waals surface area contributed by atoms with Crippen LogP contribution in [0.5, 0.6) is 0 Å². The van der Waals surface area contributed by atoms with Crippen LogP contribution in [0.2, 0.25) is 0 Å². The number of nitrogens with one attached hydrogen (secondary N) is 1. The van der Waals surface area contributed by atoms with Crippen molar-refractivity contribution >= 4 is 23.3 Å². The summed E-state index contributed by atoms with van der Waals surface area (Å²) < 4.78 is 5.03. The Bertz CT molecular complexity index is 1500. The Morgan fingerprint density at radius 1 is 0.854 bits per heavy atom. The lowest BCUT2D eigenvalue weighted by atomic mass is 10.0. The van der Waals surface area contributed by atoms with Crippen molar-refractivity contribution in [3.05, 3.63) is 117 Å². The number of carbonyl (C=O) groups excluding carboxylic acids is 1. The van der Waals surface area contributed by atoms with Crippen molar-refractivity contribution in [2.45, 2.75) is 26.8 Å². The van der Waals surface area contributed by atoms with Crippen molar-refractivity contribution in [3.63, 3.8) is 0 Å². The normalized spacial score (nSPS) is 11.1. The van der Waals surface area contributed by atoms with Crippen molar-refractivity contribution < 1.29 is 24.4 Å². The van der Waals surface area contributed by atoms with Crippen LogP contribution in [0.25, 0.3) is 22.3 Å². The van der Waals surface area contributed by atoms with Gasteiger partial charge in [0.25, 0.3) is 11.6 Å². The molecular weight excluding hydrogens is 522 g/mol. The van der Waals surface area contributed by atoms with Crippen molar-refractivity contribution in [2.75, 3.05) is 19.5 Å². The van der Waals surface area contributed by atoms with Gasteiger partial charge in [-0.25, -0.2) is 4.79 Å². The average Bonchev–Trinajstić information content (AvgIpc) is 2.93. The molecule has 0 saturated heterocycles. The molecule has 4 N–H and O–H groups in total. The number of anilines is 1. The number of nitro benzene ring substituents is 1. The Balaban J connectivity index is 0.000000228. The lowest BCUT2D eigenvalue weighted by Crippen LogP contribution is -2.35. The maximum absolute atomic E-state index is 12.3. The molecule has 0 aliphatic heterocycles. The van der Waals surface area contributed by atoms with Gasteiger partial charge in [0.15, 0.2) is 0 Å². The van der Waals surface area contributed by atoms with Gasteiger partial charge in [-0.1, -0.05) is 59.7 Å². The minimum Gasteiger partial charge on any atom is -0.478 e. The fourth-order valence-corrected chi connectivity index (χ4v) is 4.05. The Morgan fingerprint density at radius 2 is 1.37 bits per heavy atom. The summed E-state index contributed by atoms with van der Waals surface area (Å²) in [7, 11) is 1.61. The minimum absolute atomic E-state index is 0.0539. The summed E-state index contributed by atoms with van der Waals surface area (Å²) in [6.07, 6.45) is 0. The SMILES string of the molecule is COCC(C)NC(=O)c1cc(N)cc(-c2ccc(C)cc2)c1.Cc1ccc(-c2cc(C(=O)O)cc([N+](=O)[O-])c2)cc1. The van der Waals surface area contributed by atoms with Crippen LogP contribution in [0, 0.1) is 24.0 Å². The van der Waals surface area contributed by atoms with Crippen molar-refractivity contribution in [1.82, 2.24) is 5.32 Å². The van der Waals surface area contributed by atoms with Crippen LogP contribution >= 0.6 is 0 Å². The van der Waals surface area contributed by atoms with Crippen LogP contribution in [-0.4, -0.2) is 41.7 Å². The number of rotatable bonds is 8. The number of nitrogens with zero attached hydrogens (tertiary/aromatic N) is 1. The van der Waals surface area contributed by atoms with E-state index in [0.29, 0.717) is 23.4 Å². The van der Waals surface area contributed by atoms with E-state index in [-0.39, 0.29) is 23.2 Å². The fraction of sp³-hybridized carbons (Fsp3) is 0.188. The maximum Gasteiger partial charge on any atom is 0.335 e. The van der Waals surface area contributed by atoms with Crippen molar-refractivity contribution in [1.29, 1.82) is 0 Å². The highest BCUT2D eigenvalue weighted by molar-refractivity contribution is 5.97. The van der Waals surface area contributed by atoms with Crippen molar-refractivity contribution in [2.24, 2.45) is 0 Å². The summed E-state index contributed by atoms with van der Waals surface area (Å²) in [4.78, 5) is 33.5. The molecule has 0 radical (unpaired) electrons. The van der Waals surface area contributed by atoms with Gasteiger partial charge in [0.05, 0.1) is 17.1 Å². The first kappa shape index (κ1) is 30.5. The first-order chi connectivity index (χ1) is 19.5. The predicted octanol–water partition coefficient (Wildman–Crippen LogP) is 6.28. The van der Waals surface area contributed by atoms with Crippen LogP contribution in [0.1, 0.15) is 38.8 Å². The maximum atomic E-state index is 12.3. The molecule has 9 heteroatoms. The molecule has 0 bridgehead atoms. The van der Waals surface area contributed by atoms with Crippen LogP contribution in [0.15, 0.2) is 84.9 Å². The standard InChI is InChI=1S/C18H22N2O2.C14H11NO4/c1-12-4-6-14(7-5-12)15-8-16(10-17(19)9-15)18(21)20-13(2)11-22-3;1-9-2-4-10(5-3-9)11-6-12(14(16)17)8-13(7-11)15(18)19/h4-10,13H,11,19H2,1-3H3,(H,20,21);2-8H,1H3,(H,16,17). The third-order valence-electron chi connectivity index (χ3n) is 6.16. The van der Waals surface area contributed by atoms with E-state index >= 15 is 0 Å². The molecule has 0 fully saturated rings. The van der Waals surface area contributed by atoms with E-state index in [1.54, 1.807) is 25.3 Å². The number of nitro groups is 1. The second-order valence-electron chi connectivity index (χ2n) is 9.74. The number of aryl methyl sites for hydroxylation is 2. The molecule has 1 amide bonds. The summed E-state index contributed by atoms with van der Waals surface area (Å²) in [5.74, 6) is -1.33. The summed E-state index contributed by atoms with van der Waals surface area (Å²) in [6, 6.07) is 24.7. The number of hydrogen-bond acceptors (Lipinski definition) is 6. The number of carboxylic acids is 1. The molecule has 0 spiro atoms. The number of nitrogen functional groups attached to an aromatic ring is 1. The van der Waals surface area contributed by atoms with E-state index in [1.165, 1.54) is 17.7 Å². The van der Waals surface area contributed by atoms with Crippen LogP contribution in [0.4, 0.5) is 11.4 Å². The number of non-ortho nitro benzene ring substituents is 1. The molecule has 4 aromatic carbocycles. The Kier molecular flexibility index (Phi) is 10.3. The quantitative estimate of drug-likeness (QED) is 0.132. The van der Waals surface area contributed by atoms with Gasteiger partial charge in [-0.05, 0) is 67.3 Å². The van der Waals surface area contributed by atoms with Crippen LogP contribution in [0.3, 0.4) is 0 Å². The molecule has 0 saturated carbocycles. The average molecular weight is 556 g/mol. The number of hydrogen-bond donors (Lipinski definition) is 3. The number of nitrogens with two attached hydrogens (primary N) is 1. The van der Waals surface area contributed by atoms with Crippen LogP contribution in [-0.2, 0) is 4.74 Å². The van der Waals surface area contributed by atoms with E-state index in [0.717, 1.165) is 28.3 Å². The molecule has 1 unspecified atom stereocenters. The molecule has 41 heavy (non-hydrogen) atoms. The smallest absolute Gasteiger partial charge is 0.335 e. The summed E-state index contributed by atoms with van der Waals surface area (Å²) in [5.41, 5.74) is 12.3. The Labute approximate surface area is 238 Å². The molecular formula is C32H33N3O6. The molecule has 9 nitrogen and oxygen atoms in total. The molecule has 4 rings (SSSR count). The largest absolute Gasteiger partial charge is 0.478 e. The third-order valence-corrected chi connectivity index (χ3v) is 6.16. The summed E-state index contributed by atoms with van der Waals surface area (Å²) in [5, 5.41) is 22.7. The number of ether oxygens (including phenoxy) is 1. The second kappa shape index (κ2) is 13.9. The number of aromatic carboxylic acids is 1. The van der Waals surface area contributed by atoms with Gasteiger partial charge in [-0.3, -0.25) is 14.9 Å². The molecule has 0 aliphatic rings. The molecule has 212 valence electrons. The Morgan fingerprint density at radius 3 is 1.85 bits per heavy atom. The van der Waals surface area contributed by atoms with Gasteiger partial charge in [-0.2, -0.15) is 0 Å². The van der Waals surface area contributed by atoms with Gasteiger partial charge in [0.1, 0.15) is 0 Å². The van der Waals surface area contributed by atoms with Gasteiger partial charge in [0, 0.05) is 36.5 Å². The highest BCUT2D eigenvalue weighted by atomic mass is 16.6. The number of carbonyl (C=O) groups is 2. The number of methoxy groups -OCH3 is 1. The van der Waals surface area contributed by atoms with E-state index in [4.69, 9.17) is 15.6 Å². The summed E-state index contributed by atoms with van der Waals surface area (Å²) in [6.45, 7) is 6.34. The van der Waals surface area contributed by atoms with E-state index in [2.05, 4.69) is 5.32 Å². The van der Waals surface area contributed by atoms with Gasteiger partial charge >= 0.3 is 5.97 Å². The third kappa shape index (κ3) is 8.74. The highest BCUT2D eigenvalue weighted by Gasteiger charge is 2.15. The number of amides is 1. The molecule has 4 aromatic rings. The van der Waals surface area contributed by atoms with E-state index < -0.39 is 10.9 Å². The first-order valence-corrected chi connectivity index (χ1v) is 12.8. The predicted molar refractivity (Wildman–Crippen MR) is 160 cm³/mol. The monoisotopic (exact) mass is 555 g/mol. The zero-order chi connectivity index (χ0) is 30.1. The van der Waals surface area contributed by atoms with Gasteiger partial charge in [-0.15, -0.1) is 0 Å². The van der Waals surface area contributed by atoms with Gasteiger partial charge < -0.3 is 20.9 Å². The topological polar surface area (TPSA) is 145 Å². The number of carboxylic acid groups (broad SMARTS) is 1. The van der Waals surface area contributed by atoms with Crippen molar-refractivity contribution in [3.8, 4) is 22.3 Å². The van der Waals surface area contributed by atoms with Crippen LogP contribution < -0.4 is 11.1 Å². The fourth-order valence-electron chi connectivity index (χ4n) is 4.05. The lowest BCUT2D eigenvalue weighted by molar-refractivity contribution is -0.384. The summed E-state index contributed by atoms with van der Waals surface area (Å²) >= 11 is 0. The minimum atomic E-state index is -1.18. The van der Waals surface area contributed by atoms with E-state index in [1.807, 2.05) is 69.3 Å². The van der Waals surface area contributed by atoms with E-state index in [9.17, 15) is 19.7 Å².